The second-order valence-corrected chi connectivity index (χ2v) is 10.6. The number of anilines is 1. The Morgan fingerprint density at radius 3 is 2.52 bits per heavy atom. The molecule has 0 aliphatic carbocycles. The highest BCUT2D eigenvalue weighted by Gasteiger charge is 2.40. The van der Waals surface area contributed by atoms with E-state index in [0.717, 1.165) is 34.7 Å². The van der Waals surface area contributed by atoms with E-state index in [9.17, 15) is 13.2 Å². The van der Waals surface area contributed by atoms with Crippen LogP contribution in [0.5, 0.6) is 11.5 Å². The summed E-state index contributed by atoms with van der Waals surface area (Å²) in [6, 6.07) is 11.0. The standard InChI is InChI=1S/C24H31ClN2O5S/c1-6-24(7-2)15-20(18-10-8-9-11-21(18)32-24)26-23(28)16(3)27(33(5,29)30)17-12-13-22(31-4)19(25)14-17/h8-14,16,20H,6-7,15H2,1-5H3,(H,26,28)/t16-,20+/m0/s1. The number of para-hydroxylation sites is 1. The van der Waals surface area contributed by atoms with E-state index in [4.69, 9.17) is 21.1 Å². The number of hydrogen-bond donors (Lipinski definition) is 1. The number of carbonyl (C=O) groups excluding carboxylic acids is 1. The number of carbonyl (C=O) groups is 1. The van der Waals surface area contributed by atoms with Gasteiger partial charge in [0, 0.05) is 12.0 Å². The first kappa shape index (κ1) is 25.2. The van der Waals surface area contributed by atoms with Crippen molar-refractivity contribution < 1.29 is 22.7 Å². The van der Waals surface area contributed by atoms with Crippen molar-refractivity contribution in [2.45, 2.75) is 57.7 Å². The Bertz CT molecular complexity index is 1120. The predicted octanol–water partition coefficient (Wildman–Crippen LogP) is 4.70. The van der Waals surface area contributed by atoms with Crippen LogP contribution in [0.3, 0.4) is 0 Å². The van der Waals surface area contributed by atoms with Crippen LogP contribution in [-0.4, -0.2) is 39.3 Å². The molecule has 9 heteroatoms. The van der Waals surface area contributed by atoms with E-state index >= 15 is 0 Å². The van der Waals surface area contributed by atoms with Gasteiger partial charge in [-0.1, -0.05) is 43.6 Å². The molecule has 0 saturated carbocycles. The molecule has 1 heterocycles. The molecule has 33 heavy (non-hydrogen) atoms. The van der Waals surface area contributed by atoms with E-state index < -0.39 is 27.6 Å². The number of nitrogens with one attached hydrogen (secondary N) is 1. The summed E-state index contributed by atoms with van der Waals surface area (Å²) in [6.07, 6.45) is 3.25. The minimum Gasteiger partial charge on any atom is -0.495 e. The van der Waals surface area contributed by atoms with Crippen LogP contribution in [-0.2, 0) is 14.8 Å². The summed E-state index contributed by atoms with van der Waals surface area (Å²) in [4.78, 5) is 13.4. The lowest BCUT2D eigenvalue weighted by molar-refractivity contribution is -0.123. The molecule has 0 unspecified atom stereocenters. The molecule has 2 aromatic carbocycles. The summed E-state index contributed by atoms with van der Waals surface area (Å²) >= 11 is 6.22. The highest BCUT2D eigenvalue weighted by molar-refractivity contribution is 7.92. The number of rotatable bonds is 8. The number of amides is 1. The molecule has 1 N–H and O–H groups in total. The van der Waals surface area contributed by atoms with Crippen molar-refractivity contribution in [2.75, 3.05) is 17.7 Å². The van der Waals surface area contributed by atoms with Gasteiger partial charge in [0.1, 0.15) is 23.1 Å². The summed E-state index contributed by atoms with van der Waals surface area (Å²) in [6.45, 7) is 5.70. The number of nitrogens with zero attached hydrogens (tertiary/aromatic N) is 1. The van der Waals surface area contributed by atoms with Gasteiger partial charge in [0.05, 0.1) is 30.1 Å². The topological polar surface area (TPSA) is 84.9 Å². The zero-order chi connectivity index (χ0) is 24.4. The summed E-state index contributed by atoms with van der Waals surface area (Å²) in [7, 11) is -2.31. The molecular weight excluding hydrogens is 464 g/mol. The number of sulfonamides is 1. The molecule has 1 aliphatic heterocycles. The lowest BCUT2D eigenvalue weighted by atomic mass is 9.83. The molecule has 0 fully saturated rings. The Morgan fingerprint density at radius 2 is 1.94 bits per heavy atom. The van der Waals surface area contributed by atoms with E-state index in [1.54, 1.807) is 19.1 Å². The van der Waals surface area contributed by atoms with Crippen LogP contribution < -0.4 is 19.1 Å². The molecule has 0 saturated heterocycles. The Labute approximate surface area is 201 Å². The van der Waals surface area contributed by atoms with Crippen molar-refractivity contribution in [3.8, 4) is 11.5 Å². The first-order valence-electron chi connectivity index (χ1n) is 11.0. The third-order valence-electron chi connectivity index (χ3n) is 6.28. The van der Waals surface area contributed by atoms with Crippen LogP contribution in [0.15, 0.2) is 42.5 Å². The van der Waals surface area contributed by atoms with Crippen molar-refractivity contribution in [1.82, 2.24) is 5.32 Å². The third-order valence-corrected chi connectivity index (χ3v) is 7.82. The van der Waals surface area contributed by atoms with Gasteiger partial charge < -0.3 is 14.8 Å². The van der Waals surface area contributed by atoms with Crippen molar-refractivity contribution >= 4 is 33.2 Å². The zero-order valence-corrected chi connectivity index (χ0v) is 21.2. The normalized spacial score (nSPS) is 17.9. The molecule has 3 rings (SSSR count). The van der Waals surface area contributed by atoms with Gasteiger partial charge in [0.25, 0.3) is 0 Å². The summed E-state index contributed by atoms with van der Waals surface area (Å²) < 4.78 is 37.9. The second kappa shape index (κ2) is 9.81. The molecule has 7 nitrogen and oxygen atoms in total. The molecule has 0 bridgehead atoms. The lowest BCUT2D eigenvalue weighted by Gasteiger charge is -2.42. The van der Waals surface area contributed by atoms with Crippen LogP contribution >= 0.6 is 11.6 Å². The first-order chi connectivity index (χ1) is 15.5. The predicted molar refractivity (Wildman–Crippen MR) is 131 cm³/mol. The average molecular weight is 495 g/mol. The molecule has 180 valence electrons. The Kier molecular flexibility index (Phi) is 7.49. The van der Waals surface area contributed by atoms with Crippen molar-refractivity contribution in [2.24, 2.45) is 0 Å². The minimum absolute atomic E-state index is 0.255. The van der Waals surface area contributed by atoms with Crippen LogP contribution in [0, 0.1) is 0 Å². The SMILES string of the molecule is CCC1(CC)C[C@@H](NC(=O)[C@H](C)N(c2ccc(OC)c(Cl)c2)S(C)(=O)=O)c2ccccc2O1. The van der Waals surface area contributed by atoms with Crippen molar-refractivity contribution in [3.63, 3.8) is 0 Å². The van der Waals surface area contributed by atoms with Gasteiger partial charge in [-0.3, -0.25) is 9.10 Å². The fourth-order valence-electron chi connectivity index (χ4n) is 4.32. The molecular formula is C24H31ClN2O5S. The van der Waals surface area contributed by atoms with E-state index in [-0.39, 0.29) is 16.8 Å². The largest absolute Gasteiger partial charge is 0.495 e. The number of hydrogen-bond acceptors (Lipinski definition) is 5. The maximum absolute atomic E-state index is 13.4. The third kappa shape index (κ3) is 5.22. The Morgan fingerprint density at radius 1 is 1.27 bits per heavy atom. The minimum atomic E-state index is -3.78. The van der Waals surface area contributed by atoms with Crippen LogP contribution in [0.25, 0.3) is 0 Å². The number of benzene rings is 2. The zero-order valence-electron chi connectivity index (χ0n) is 19.6. The highest BCUT2D eigenvalue weighted by atomic mass is 35.5. The maximum atomic E-state index is 13.4. The quantitative estimate of drug-likeness (QED) is 0.574. The van der Waals surface area contributed by atoms with E-state index in [2.05, 4.69) is 19.2 Å². The fourth-order valence-corrected chi connectivity index (χ4v) is 5.74. The molecule has 1 amide bonds. The van der Waals surface area contributed by atoms with E-state index in [1.807, 2.05) is 24.3 Å². The molecule has 0 aromatic heterocycles. The van der Waals surface area contributed by atoms with Crippen LogP contribution in [0.2, 0.25) is 5.02 Å². The molecule has 0 radical (unpaired) electrons. The van der Waals surface area contributed by atoms with Crippen molar-refractivity contribution in [1.29, 1.82) is 0 Å². The van der Waals surface area contributed by atoms with Gasteiger partial charge in [-0.15, -0.1) is 0 Å². The van der Waals surface area contributed by atoms with Crippen molar-refractivity contribution in [3.05, 3.63) is 53.1 Å². The average Bonchev–Trinajstić information content (AvgIpc) is 2.78. The molecule has 2 aromatic rings. The molecule has 1 aliphatic rings. The summed E-state index contributed by atoms with van der Waals surface area (Å²) in [5.74, 6) is 0.753. The number of ether oxygens (including phenoxy) is 2. The lowest BCUT2D eigenvalue weighted by Crippen LogP contribution is -2.51. The Balaban J connectivity index is 1.92. The van der Waals surface area contributed by atoms with Crippen LogP contribution in [0.1, 0.15) is 51.6 Å². The number of halogens is 1. The maximum Gasteiger partial charge on any atom is 0.244 e. The van der Waals surface area contributed by atoms with Crippen LogP contribution in [0.4, 0.5) is 5.69 Å². The second-order valence-electron chi connectivity index (χ2n) is 8.35. The first-order valence-corrected chi connectivity index (χ1v) is 13.2. The van der Waals surface area contributed by atoms with E-state index in [1.165, 1.54) is 13.2 Å². The summed E-state index contributed by atoms with van der Waals surface area (Å²) in [5, 5.41) is 3.33. The monoisotopic (exact) mass is 494 g/mol. The van der Waals surface area contributed by atoms with Gasteiger partial charge >= 0.3 is 0 Å². The van der Waals surface area contributed by atoms with Gasteiger partial charge in [0.15, 0.2) is 0 Å². The van der Waals surface area contributed by atoms with Gasteiger partial charge in [0.2, 0.25) is 15.9 Å². The number of methoxy groups -OCH3 is 1. The summed E-state index contributed by atoms with van der Waals surface area (Å²) in [5.41, 5.74) is 0.777. The Hall–Kier alpha value is -2.45. The fraction of sp³-hybridized carbons (Fsp3) is 0.458. The van der Waals surface area contributed by atoms with E-state index in [0.29, 0.717) is 12.2 Å². The molecule has 2 atom stereocenters. The smallest absolute Gasteiger partial charge is 0.244 e. The number of fused-ring (bicyclic) bond motifs is 1. The molecule has 0 spiro atoms. The van der Waals surface area contributed by atoms with Gasteiger partial charge in [-0.25, -0.2) is 8.42 Å². The highest BCUT2D eigenvalue weighted by Crippen LogP contribution is 2.42. The van der Waals surface area contributed by atoms with Gasteiger partial charge in [-0.2, -0.15) is 0 Å². The van der Waals surface area contributed by atoms with Gasteiger partial charge in [-0.05, 0) is 44.0 Å².